The highest BCUT2D eigenvalue weighted by Gasteiger charge is 2.35. The van der Waals surface area contributed by atoms with Gasteiger partial charge in [0.15, 0.2) is 0 Å². The standard InChI is InChI=1S/C12H20N2S/c1-12(6-3-2-4-7-12)11(14-13)10-5-8-15-9-10/h5,8-9,11,14H,2-4,6-7,13H2,1H3. The van der Waals surface area contributed by atoms with Crippen LogP contribution in [0.25, 0.3) is 0 Å². The predicted molar refractivity (Wildman–Crippen MR) is 65.6 cm³/mol. The zero-order chi connectivity index (χ0) is 10.7. The van der Waals surface area contributed by atoms with Crippen LogP contribution in [0.15, 0.2) is 16.8 Å². The average Bonchev–Trinajstić information content (AvgIpc) is 2.73. The lowest BCUT2D eigenvalue weighted by Gasteiger charge is -2.40. The Morgan fingerprint density at radius 2 is 2.13 bits per heavy atom. The minimum Gasteiger partial charge on any atom is -0.271 e. The Morgan fingerprint density at radius 3 is 2.67 bits per heavy atom. The van der Waals surface area contributed by atoms with Crippen LogP contribution >= 0.6 is 11.3 Å². The van der Waals surface area contributed by atoms with Crippen molar-refractivity contribution in [2.45, 2.75) is 45.1 Å². The summed E-state index contributed by atoms with van der Waals surface area (Å²) in [5.74, 6) is 5.73. The van der Waals surface area contributed by atoms with Gasteiger partial charge in [-0.15, -0.1) is 0 Å². The molecule has 1 aromatic heterocycles. The maximum atomic E-state index is 5.73. The molecule has 0 amide bonds. The van der Waals surface area contributed by atoms with Crippen molar-refractivity contribution in [2.24, 2.45) is 11.3 Å². The molecule has 2 rings (SSSR count). The monoisotopic (exact) mass is 224 g/mol. The molecule has 15 heavy (non-hydrogen) atoms. The third kappa shape index (κ3) is 2.25. The highest BCUT2D eigenvalue weighted by Crippen LogP contribution is 2.45. The Morgan fingerprint density at radius 1 is 1.40 bits per heavy atom. The average molecular weight is 224 g/mol. The van der Waals surface area contributed by atoms with Gasteiger partial charge in [0.1, 0.15) is 0 Å². The molecule has 1 unspecified atom stereocenters. The van der Waals surface area contributed by atoms with E-state index in [1.807, 2.05) is 0 Å². The molecule has 3 heteroatoms. The van der Waals surface area contributed by atoms with Crippen molar-refractivity contribution in [3.63, 3.8) is 0 Å². The predicted octanol–water partition coefficient (Wildman–Crippen LogP) is 3.22. The smallest absolute Gasteiger partial charge is 0.0521 e. The van der Waals surface area contributed by atoms with E-state index in [9.17, 15) is 0 Å². The molecule has 0 bridgehead atoms. The summed E-state index contributed by atoms with van der Waals surface area (Å²) in [5.41, 5.74) is 4.72. The third-order valence-electron chi connectivity index (χ3n) is 3.74. The number of hydrogen-bond donors (Lipinski definition) is 2. The molecule has 1 aliphatic carbocycles. The Kier molecular flexibility index (Phi) is 3.44. The lowest BCUT2D eigenvalue weighted by atomic mass is 9.69. The minimum absolute atomic E-state index is 0.323. The quantitative estimate of drug-likeness (QED) is 0.611. The molecule has 0 spiro atoms. The molecule has 84 valence electrons. The lowest BCUT2D eigenvalue weighted by Crippen LogP contribution is -2.40. The zero-order valence-corrected chi connectivity index (χ0v) is 10.1. The summed E-state index contributed by atoms with van der Waals surface area (Å²) in [6.07, 6.45) is 6.66. The van der Waals surface area contributed by atoms with Crippen molar-refractivity contribution in [1.29, 1.82) is 0 Å². The summed E-state index contributed by atoms with van der Waals surface area (Å²) in [5, 5.41) is 4.34. The van der Waals surface area contributed by atoms with Gasteiger partial charge in [0.25, 0.3) is 0 Å². The van der Waals surface area contributed by atoms with Crippen LogP contribution < -0.4 is 11.3 Å². The topological polar surface area (TPSA) is 38.0 Å². The minimum atomic E-state index is 0.323. The summed E-state index contributed by atoms with van der Waals surface area (Å²) >= 11 is 1.75. The maximum Gasteiger partial charge on any atom is 0.0521 e. The first-order valence-corrected chi connectivity index (χ1v) is 6.69. The SMILES string of the molecule is CC1(C(NN)c2ccsc2)CCCCC1. The van der Waals surface area contributed by atoms with Crippen molar-refractivity contribution in [3.05, 3.63) is 22.4 Å². The van der Waals surface area contributed by atoms with E-state index in [0.29, 0.717) is 11.5 Å². The molecule has 0 aliphatic heterocycles. The molecular formula is C12H20N2S. The van der Waals surface area contributed by atoms with Crippen LogP contribution in [0.3, 0.4) is 0 Å². The van der Waals surface area contributed by atoms with Crippen molar-refractivity contribution in [3.8, 4) is 0 Å². The van der Waals surface area contributed by atoms with Gasteiger partial charge in [0.2, 0.25) is 0 Å². The normalized spacial score (nSPS) is 22.5. The van der Waals surface area contributed by atoms with E-state index in [1.54, 1.807) is 11.3 Å². The van der Waals surface area contributed by atoms with Gasteiger partial charge >= 0.3 is 0 Å². The molecule has 2 nitrogen and oxygen atoms in total. The second-order valence-corrected chi connectivity index (χ2v) is 5.65. The van der Waals surface area contributed by atoms with E-state index in [0.717, 1.165) is 0 Å². The van der Waals surface area contributed by atoms with Crippen molar-refractivity contribution in [2.75, 3.05) is 0 Å². The van der Waals surface area contributed by atoms with E-state index < -0.39 is 0 Å². The van der Waals surface area contributed by atoms with Crippen molar-refractivity contribution in [1.82, 2.24) is 5.43 Å². The summed E-state index contributed by atoms with van der Waals surface area (Å²) in [6.45, 7) is 2.37. The molecule has 1 aliphatic rings. The van der Waals surface area contributed by atoms with Crippen LogP contribution in [0.2, 0.25) is 0 Å². The largest absolute Gasteiger partial charge is 0.271 e. The van der Waals surface area contributed by atoms with Gasteiger partial charge < -0.3 is 0 Å². The Balaban J connectivity index is 2.18. The first kappa shape index (κ1) is 11.1. The van der Waals surface area contributed by atoms with E-state index in [2.05, 4.69) is 29.2 Å². The summed E-state index contributed by atoms with van der Waals surface area (Å²) in [6, 6.07) is 2.51. The fourth-order valence-corrected chi connectivity index (χ4v) is 3.47. The molecule has 3 N–H and O–H groups in total. The van der Waals surface area contributed by atoms with Gasteiger partial charge in [-0.3, -0.25) is 11.3 Å². The zero-order valence-electron chi connectivity index (χ0n) is 9.33. The van der Waals surface area contributed by atoms with Gasteiger partial charge in [-0.25, -0.2) is 0 Å². The van der Waals surface area contributed by atoms with Gasteiger partial charge in [-0.1, -0.05) is 26.2 Å². The molecule has 1 heterocycles. The van der Waals surface area contributed by atoms with Crippen LogP contribution in [0.5, 0.6) is 0 Å². The van der Waals surface area contributed by atoms with Gasteiger partial charge in [-0.05, 0) is 40.6 Å². The Bertz CT molecular complexity index is 289. The van der Waals surface area contributed by atoms with E-state index in [1.165, 1.54) is 37.7 Å². The number of hydrazine groups is 1. The number of nitrogens with one attached hydrogen (secondary N) is 1. The second kappa shape index (κ2) is 4.64. The van der Waals surface area contributed by atoms with Gasteiger partial charge in [0, 0.05) is 0 Å². The number of hydrogen-bond acceptors (Lipinski definition) is 3. The highest BCUT2D eigenvalue weighted by molar-refractivity contribution is 7.07. The van der Waals surface area contributed by atoms with Crippen LogP contribution in [0, 0.1) is 5.41 Å². The van der Waals surface area contributed by atoms with Crippen molar-refractivity contribution < 1.29 is 0 Å². The molecule has 0 radical (unpaired) electrons. The van der Waals surface area contributed by atoms with Crippen LogP contribution in [0.4, 0.5) is 0 Å². The fraction of sp³-hybridized carbons (Fsp3) is 0.667. The Hall–Kier alpha value is -0.380. The van der Waals surface area contributed by atoms with Gasteiger partial charge in [0.05, 0.1) is 6.04 Å². The van der Waals surface area contributed by atoms with Crippen LogP contribution in [0.1, 0.15) is 50.6 Å². The van der Waals surface area contributed by atoms with E-state index in [-0.39, 0.29) is 0 Å². The summed E-state index contributed by atoms with van der Waals surface area (Å²) in [4.78, 5) is 0. The molecule has 1 saturated carbocycles. The lowest BCUT2D eigenvalue weighted by molar-refractivity contribution is 0.145. The first-order valence-electron chi connectivity index (χ1n) is 5.74. The van der Waals surface area contributed by atoms with Crippen LogP contribution in [-0.2, 0) is 0 Å². The second-order valence-electron chi connectivity index (χ2n) is 4.87. The number of thiophene rings is 1. The van der Waals surface area contributed by atoms with Crippen LogP contribution in [-0.4, -0.2) is 0 Å². The van der Waals surface area contributed by atoms with Crippen molar-refractivity contribution >= 4 is 11.3 Å². The van der Waals surface area contributed by atoms with E-state index in [4.69, 9.17) is 5.84 Å². The molecular weight excluding hydrogens is 204 g/mol. The Labute approximate surface area is 95.8 Å². The third-order valence-corrected chi connectivity index (χ3v) is 4.44. The summed E-state index contributed by atoms with van der Waals surface area (Å²) < 4.78 is 0. The van der Waals surface area contributed by atoms with Gasteiger partial charge in [-0.2, -0.15) is 11.3 Å². The molecule has 1 aromatic rings. The van der Waals surface area contributed by atoms with E-state index >= 15 is 0 Å². The molecule has 0 aromatic carbocycles. The number of rotatable bonds is 3. The molecule has 1 fully saturated rings. The molecule has 0 saturated heterocycles. The maximum absolute atomic E-state index is 5.73. The highest BCUT2D eigenvalue weighted by atomic mass is 32.1. The number of nitrogens with two attached hydrogens (primary N) is 1. The first-order chi connectivity index (χ1) is 7.26. The molecule has 1 atom stereocenters. The fourth-order valence-electron chi connectivity index (χ4n) is 2.79. The summed E-state index contributed by atoms with van der Waals surface area (Å²) in [7, 11) is 0.